The Morgan fingerprint density at radius 1 is 1.32 bits per heavy atom. The average Bonchev–Trinajstić information content (AvgIpc) is 2.89. The first-order valence-corrected chi connectivity index (χ1v) is 8.04. The fraction of sp³-hybridized carbons (Fsp3) is 0.444. The van der Waals surface area contributed by atoms with E-state index >= 15 is 0 Å². The molecule has 1 N–H and O–H groups in total. The second kappa shape index (κ2) is 6.88. The molecule has 4 nitrogen and oxygen atoms in total. The van der Waals surface area contributed by atoms with Crippen LogP contribution in [0.3, 0.4) is 0 Å². The zero-order chi connectivity index (χ0) is 15.4. The maximum absolute atomic E-state index is 4.23. The van der Waals surface area contributed by atoms with Crippen LogP contribution in [0.5, 0.6) is 0 Å². The molecule has 0 radical (unpaired) electrons. The van der Waals surface area contributed by atoms with Gasteiger partial charge in [-0.25, -0.2) is 0 Å². The van der Waals surface area contributed by atoms with Crippen molar-refractivity contribution >= 4 is 6.08 Å². The number of aromatic nitrogens is 3. The number of aryl methyl sites for hydroxylation is 2. The summed E-state index contributed by atoms with van der Waals surface area (Å²) < 4.78 is 2.27. The third-order valence-corrected chi connectivity index (χ3v) is 4.28. The molecule has 22 heavy (non-hydrogen) atoms. The van der Waals surface area contributed by atoms with E-state index in [9.17, 15) is 0 Å². The van der Waals surface area contributed by atoms with Crippen LogP contribution in [0.4, 0.5) is 0 Å². The minimum atomic E-state index is 0.673. The van der Waals surface area contributed by atoms with Crippen LogP contribution < -0.4 is 5.32 Å². The van der Waals surface area contributed by atoms with Gasteiger partial charge < -0.3 is 9.88 Å². The maximum Gasteiger partial charge on any atom is 0.133 e. The molecule has 0 fully saturated rings. The van der Waals surface area contributed by atoms with Crippen LogP contribution in [0.2, 0.25) is 0 Å². The Labute approximate surface area is 132 Å². The fourth-order valence-electron chi connectivity index (χ4n) is 3.05. The van der Waals surface area contributed by atoms with E-state index in [0.29, 0.717) is 5.92 Å². The molecule has 0 saturated heterocycles. The molecule has 1 aromatic heterocycles. The molecule has 0 aliphatic carbocycles. The van der Waals surface area contributed by atoms with Gasteiger partial charge in [0.2, 0.25) is 0 Å². The van der Waals surface area contributed by atoms with Gasteiger partial charge >= 0.3 is 0 Å². The SMILES string of the molecule is C/C(=C/c1ccccc1)CNC[C@@H]1CCc2nnc(C)n2C1. The van der Waals surface area contributed by atoms with Gasteiger partial charge in [-0.05, 0) is 38.3 Å². The molecule has 0 spiro atoms. The van der Waals surface area contributed by atoms with E-state index in [0.717, 1.165) is 37.7 Å². The van der Waals surface area contributed by atoms with Gasteiger partial charge in [0.05, 0.1) is 0 Å². The van der Waals surface area contributed by atoms with Crippen molar-refractivity contribution in [3.63, 3.8) is 0 Å². The van der Waals surface area contributed by atoms with Gasteiger partial charge in [-0.15, -0.1) is 10.2 Å². The first-order chi connectivity index (χ1) is 10.7. The van der Waals surface area contributed by atoms with Gasteiger partial charge in [0, 0.05) is 19.5 Å². The summed E-state index contributed by atoms with van der Waals surface area (Å²) in [6, 6.07) is 10.5. The number of nitrogens with zero attached hydrogens (tertiary/aromatic N) is 3. The smallest absolute Gasteiger partial charge is 0.133 e. The summed E-state index contributed by atoms with van der Waals surface area (Å²) in [6.45, 7) is 7.26. The van der Waals surface area contributed by atoms with Crippen molar-refractivity contribution in [1.82, 2.24) is 20.1 Å². The topological polar surface area (TPSA) is 42.7 Å². The van der Waals surface area contributed by atoms with Crippen LogP contribution in [0.25, 0.3) is 6.08 Å². The first-order valence-electron chi connectivity index (χ1n) is 8.04. The van der Waals surface area contributed by atoms with Crippen LogP contribution in [0.15, 0.2) is 35.9 Å². The fourth-order valence-corrected chi connectivity index (χ4v) is 3.05. The Kier molecular flexibility index (Phi) is 4.68. The molecule has 1 aromatic carbocycles. The molecule has 1 aliphatic rings. The van der Waals surface area contributed by atoms with Crippen LogP contribution in [0, 0.1) is 12.8 Å². The molecular formula is C18H24N4. The molecule has 2 aromatic rings. The highest BCUT2D eigenvalue weighted by molar-refractivity contribution is 5.52. The van der Waals surface area contributed by atoms with Gasteiger partial charge in [-0.2, -0.15) is 0 Å². The second-order valence-electron chi connectivity index (χ2n) is 6.21. The van der Waals surface area contributed by atoms with Crippen molar-refractivity contribution in [1.29, 1.82) is 0 Å². The van der Waals surface area contributed by atoms with Gasteiger partial charge in [0.25, 0.3) is 0 Å². The standard InChI is InChI=1S/C18H24N4/c1-14(10-16-6-4-3-5-7-16)11-19-12-17-8-9-18-21-20-15(2)22(18)13-17/h3-7,10,17,19H,8-9,11-13H2,1-2H3/b14-10-/t17-/m0/s1. The highest BCUT2D eigenvalue weighted by Crippen LogP contribution is 2.19. The number of benzene rings is 1. The number of hydrogen-bond acceptors (Lipinski definition) is 3. The summed E-state index contributed by atoms with van der Waals surface area (Å²) in [5, 5.41) is 12.0. The Morgan fingerprint density at radius 3 is 2.95 bits per heavy atom. The van der Waals surface area contributed by atoms with E-state index in [1.54, 1.807) is 0 Å². The van der Waals surface area contributed by atoms with Crippen molar-refractivity contribution < 1.29 is 0 Å². The molecule has 0 saturated carbocycles. The van der Waals surface area contributed by atoms with E-state index in [2.05, 4.69) is 63.4 Å². The lowest BCUT2D eigenvalue weighted by molar-refractivity contribution is 0.348. The van der Waals surface area contributed by atoms with E-state index in [1.165, 1.54) is 17.6 Å². The van der Waals surface area contributed by atoms with E-state index in [-0.39, 0.29) is 0 Å². The number of fused-ring (bicyclic) bond motifs is 1. The monoisotopic (exact) mass is 296 g/mol. The van der Waals surface area contributed by atoms with E-state index < -0.39 is 0 Å². The summed E-state index contributed by atoms with van der Waals surface area (Å²) in [6.07, 6.45) is 4.49. The summed E-state index contributed by atoms with van der Waals surface area (Å²) in [5.41, 5.74) is 2.63. The highest BCUT2D eigenvalue weighted by Gasteiger charge is 2.20. The molecule has 2 heterocycles. The van der Waals surface area contributed by atoms with Crippen LogP contribution in [-0.4, -0.2) is 27.9 Å². The Balaban J connectivity index is 1.48. The number of rotatable bonds is 5. The lowest BCUT2D eigenvalue weighted by Crippen LogP contribution is -2.31. The van der Waals surface area contributed by atoms with Gasteiger partial charge in [0.1, 0.15) is 11.6 Å². The summed E-state index contributed by atoms with van der Waals surface area (Å²) >= 11 is 0. The zero-order valence-electron chi connectivity index (χ0n) is 13.4. The third-order valence-electron chi connectivity index (χ3n) is 4.28. The highest BCUT2D eigenvalue weighted by atomic mass is 15.3. The Morgan fingerprint density at radius 2 is 2.14 bits per heavy atom. The summed E-state index contributed by atoms with van der Waals surface area (Å²) in [4.78, 5) is 0. The lowest BCUT2D eigenvalue weighted by Gasteiger charge is -2.24. The van der Waals surface area contributed by atoms with Crippen molar-refractivity contribution in [2.24, 2.45) is 5.92 Å². The molecule has 0 bridgehead atoms. The molecule has 0 unspecified atom stereocenters. The average molecular weight is 296 g/mol. The predicted octanol–water partition coefficient (Wildman–Crippen LogP) is 2.84. The predicted molar refractivity (Wildman–Crippen MR) is 89.5 cm³/mol. The second-order valence-corrected chi connectivity index (χ2v) is 6.21. The number of nitrogens with one attached hydrogen (secondary N) is 1. The lowest BCUT2D eigenvalue weighted by atomic mass is 9.99. The van der Waals surface area contributed by atoms with Crippen LogP contribution in [0.1, 0.15) is 30.6 Å². The summed E-state index contributed by atoms with van der Waals surface area (Å²) in [5.74, 6) is 2.86. The van der Waals surface area contributed by atoms with Gasteiger partial charge in [-0.1, -0.05) is 42.0 Å². The first kappa shape index (κ1) is 15.0. The molecule has 1 atom stereocenters. The van der Waals surface area contributed by atoms with Crippen molar-refractivity contribution in [2.75, 3.05) is 13.1 Å². The van der Waals surface area contributed by atoms with E-state index in [4.69, 9.17) is 0 Å². The largest absolute Gasteiger partial charge is 0.315 e. The minimum absolute atomic E-state index is 0.673. The van der Waals surface area contributed by atoms with Crippen LogP contribution >= 0.6 is 0 Å². The van der Waals surface area contributed by atoms with E-state index in [1.807, 2.05) is 6.92 Å². The van der Waals surface area contributed by atoms with Gasteiger partial charge in [-0.3, -0.25) is 0 Å². The van der Waals surface area contributed by atoms with Gasteiger partial charge in [0.15, 0.2) is 0 Å². The number of hydrogen-bond donors (Lipinski definition) is 1. The van der Waals surface area contributed by atoms with Crippen molar-refractivity contribution in [3.05, 3.63) is 53.1 Å². The van der Waals surface area contributed by atoms with Crippen molar-refractivity contribution in [3.8, 4) is 0 Å². The molecule has 116 valence electrons. The van der Waals surface area contributed by atoms with Crippen LogP contribution in [-0.2, 0) is 13.0 Å². The molecular weight excluding hydrogens is 272 g/mol. The Bertz CT molecular complexity index is 642. The maximum atomic E-state index is 4.23. The zero-order valence-corrected chi connectivity index (χ0v) is 13.4. The molecule has 3 rings (SSSR count). The molecule has 4 heteroatoms. The quantitative estimate of drug-likeness (QED) is 0.922. The third kappa shape index (κ3) is 3.63. The molecule has 0 amide bonds. The van der Waals surface area contributed by atoms with Crippen molar-refractivity contribution in [2.45, 2.75) is 33.2 Å². The normalized spacial score (nSPS) is 18.3. The summed E-state index contributed by atoms with van der Waals surface area (Å²) in [7, 11) is 0. The minimum Gasteiger partial charge on any atom is -0.315 e. The molecule has 1 aliphatic heterocycles. The Hall–Kier alpha value is -1.94.